The third kappa shape index (κ3) is 4.85. The Balaban J connectivity index is 2.04. The molecule has 0 saturated heterocycles. The minimum Gasteiger partial charge on any atom is -0.334 e. The van der Waals surface area contributed by atoms with Gasteiger partial charge in [0, 0.05) is 29.4 Å². The number of aromatic nitrogens is 2. The Bertz CT molecular complexity index is 1170. The zero-order valence-corrected chi connectivity index (χ0v) is 19.1. The minimum atomic E-state index is -4.32. The van der Waals surface area contributed by atoms with E-state index in [1.807, 2.05) is 31.2 Å². The van der Waals surface area contributed by atoms with Gasteiger partial charge in [-0.05, 0) is 47.6 Å². The van der Waals surface area contributed by atoms with Crippen molar-refractivity contribution < 1.29 is 17.4 Å². The van der Waals surface area contributed by atoms with Crippen molar-refractivity contribution in [3.63, 3.8) is 0 Å². The number of nitrogens with two attached hydrogens (primary N) is 1. The molecule has 3 aromatic rings. The number of imidazole rings is 1. The van der Waals surface area contributed by atoms with E-state index in [4.69, 9.17) is 17.3 Å². The van der Waals surface area contributed by atoms with E-state index in [1.165, 1.54) is 0 Å². The lowest BCUT2D eigenvalue weighted by Gasteiger charge is -2.09. The molecule has 0 aliphatic carbocycles. The number of halogens is 1. The average Bonchev–Trinajstić information content (AvgIpc) is 3.19. The number of benzene rings is 1. The molecule has 0 bridgehead atoms. The first-order valence-corrected chi connectivity index (χ1v) is 11.8. The van der Waals surface area contributed by atoms with E-state index in [2.05, 4.69) is 23.0 Å². The van der Waals surface area contributed by atoms with E-state index in [0.29, 0.717) is 35.3 Å². The number of amides is 1. The number of thiophene rings is 1. The highest BCUT2D eigenvalue weighted by molar-refractivity contribution is 7.89. The average molecular weight is 468 g/mol. The highest BCUT2D eigenvalue weighted by Crippen LogP contribution is 2.41. The van der Waals surface area contributed by atoms with Crippen LogP contribution in [0.4, 0.5) is 4.79 Å². The van der Waals surface area contributed by atoms with Crippen LogP contribution >= 0.6 is 22.9 Å². The maximum absolute atomic E-state index is 12.7. The number of hydrogen-bond acceptors (Lipinski definition) is 6. The van der Waals surface area contributed by atoms with Gasteiger partial charge in [0.15, 0.2) is 4.21 Å². The molecule has 0 unspecified atom stereocenters. The fraction of sp³-hybridized carbons (Fsp3) is 0.300. The number of hydrogen-bond donors (Lipinski definition) is 1. The third-order valence-corrected chi connectivity index (χ3v) is 7.81. The Hall–Kier alpha value is -2.36. The Morgan fingerprint density at radius 3 is 2.50 bits per heavy atom. The minimum absolute atomic E-state index is 0.0140. The summed E-state index contributed by atoms with van der Waals surface area (Å²) in [6.45, 7) is 6.54. The molecule has 2 heterocycles. The van der Waals surface area contributed by atoms with Crippen LogP contribution < -0.4 is 5.73 Å². The van der Waals surface area contributed by atoms with Gasteiger partial charge < -0.3 is 14.5 Å². The molecule has 0 fully saturated rings. The van der Waals surface area contributed by atoms with Crippen molar-refractivity contribution in [2.24, 2.45) is 11.7 Å². The number of rotatable bonds is 7. The monoisotopic (exact) mass is 467 g/mol. The summed E-state index contributed by atoms with van der Waals surface area (Å²) in [6.07, 6.45) is 2.76. The normalized spacial score (nSPS) is 11.8. The molecular formula is C20H22ClN3O4S2. The third-order valence-electron chi connectivity index (χ3n) is 4.49. The second-order valence-corrected chi connectivity index (χ2v) is 10.5. The number of carbonyl (C=O) groups excluding carboxylic acids is 1. The van der Waals surface area contributed by atoms with Gasteiger partial charge in [0.25, 0.3) is 0 Å². The Labute approximate surface area is 184 Å². The van der Waals surface area contributed by atoms with Gasteiger partial charge in [-0.1, -0.05) is 38.1 Å². The van der Waals surface area contributed by atoms with E-state index in [0.717, 1.165) is 27.3 Å². The molecule has 1 amide bonds. The molecule has 2 aromatic heterocycles. The van der Waals surface area contributed by atoms with Crippen LogP contribution in [0.15, 0.2) is 40.9 Å². The van der Waals surface area contributed by atoms with Crippen molar-refractivity contribution in [3.8, 4) is 11.1 Å². The summed E-state index contributed by atoms with van der Waals surface area (Å²) in [5.41, 5.74) is 8.05. The molecule has 30 heavy (non-hydrogen) atoms. The van der Waals surface area contributed by atoms with Crippen molar-refractivity contribution in [2.75, 3.05) is 0 Å². The molecule has 0 spiro atoms. The van der Waals surface area contributed by atoms with Gasteiger partial charge in [0.05, 0.1) is 0 Å². The molecular weight excluding hydrogens is 446 g/mol. The van der Waals surface area contributed by atoms with Crippen molar-refractivity contribution in [1.29, 1.82) is 0 Å². The van der Waals surface area contributed by atoms with Gasteiger partial charge in [0.2, 0.25) is 5.28 Å². The fourth-order valence-electron chi connectivity index (χ4n) is 3.16. The molecule has 160 valence electrons. The highest BCUT2D eigenvalue weighted by atomic mass is 35.5. The predicted octanol–water partition coefficient (Wildman–Crippen LogP) is 4.60. The number of carbonyl (C=O) groups is 1. The van der Waals surface area contributed by atoms with Gasteiger partial charge in [0.1, 0.15) is 0 Å². The Kier molecular flexibility index (Phi) is 6.54. The molecule has 0 radical (unpaired) electrons. The summed E-state index contributed by atoms with van der Waals surface area (Å²) < 4.78 is 31.6. The van der Waals surface area contributed by atoms with Crippen LogP contribution in [-0.4, -0.2) is 24.1 Å². The molecule has 0 saturated carbocycles. The van der Waals surface area contributed by atoms with Crippen LogP contribution in [0.1, 0.15) is 29.9 Å². The van der Waals surface area contributed by atoms with Gasteiger partial charge in [-0.3, -0.25) is 0 Å². The van der Waals surface area contributed by atoms with Crippen LogP contribution in [0, 0.1) is 12.8 Å². The molecule has 1 aromatic carbocycles. The topological polar surface area (TPSA) is 104 Å². The first-order valence-electron chi connectivity index (χ1n) is 9.20. The molecule has 3 rings (SSSR count). The molecule has 2 N–H and O–H groups in total. The van der Waals surface area contributed by atoms with Gasteiger partial charge >= 0.3 is 16.2 Å². The van der Waals surface area contributed by atoms with Crippen molar-refractivity contribution in [2.45, 2.75) is 37.9 Å². The molecule has 0 atom stereocenters. The summed E-state index contributed by atoms with van der Waals surface area (Å²) in [5.74, 6) is 0.338. The summed E-state index contributed by atoms with van der Waals surface area (Å²) in [7, 11) is -4.32. The van der Waals surface area contributed by atoms with E-state index in [-0.39, 0.29) is 4.21 Å². The van der Waals surface area contributed by atoms with Gasteiger partial charge in [-0.2, -0.15) is 8.42 Å². The number of primary amides is 1. The first kappa shape index (κ1) is 22.3. The fourth-order valence-corrected chi connectivity index (χ4v) is 6.22. The van der Waals surface area contributed by atoms with E-state index in [1.54, 1.807) is 17.0 Å². The molecule has 7 nitrogen and oxygen atoms in total. The van der Waals surface area contributed by atoms with Crippen molar-refractivity contribution in [3.05, 3.63) is 57.9 Å². The summed E-state index contributed by atoms with van der Waals surface area (Å²) in [5, 5.41) is 0.392. The number of nitrogens with zero attached hydrogens (tertiary/aromatic N) is 2. The summed E-state index contributed by atoms with van der Waals surface area (Å²) in [4.78, 5) is 16.1. The van der Waals surface area contributed by atoms with Crippen LogP contribution in [0.5, 0.6) is 0 Å². The lowest BCUT2D eigenvalue weighted by molar-refractivity contribution is 0.213. The second-order valence-electron chi connectivity index (χ2n) is 7.29. The second kappa shape index (κ2) is 8.79. The van der Waals surface area contributed by atoms with Crippen LogP contribution in [-0.2, 0) is 27.3 Å². The van der Waals surface area contributed by atoms with E-state index < -0.39 is 16.2 Å². The van der Waals surface area contributed by atoms with Crippen molar-refractivity contribution >= 4 is 39.1 Å². The first-order chi connectivity index (χ1) is 14.1. The highest BCUT2D eigenvalue weighted by Gasteiger charge is 2.29. The van der Waals surface area contributed by atoms with Crippen molar-refractivity contribution in [1.82, 2.24) is 9.55 Å². The lowest BCUT2D eigenvalue weighted by atomic mass is 9.99. The van der Waals surface area contributed by atoms with E-state index in [9.17, 15) is 13.2 Å². The van der Waals surface area contributed by atoms with E-state index >= 15 is 0 Å². The summed E-state index contributed by atoms with van der Waals surface area (Å²) in [6, 6.07) is 7.49. The van der Waals surface area contributed by atoms with Crippen LogP contribution in [0.25, 0.3) is 11.1 Å². The zero-order chi connectivity index (χ0) is 22.1. The Morgan fingerprint density at radius 1 is 1.30 bits per heavy atom. The quantitative estimate of drug-likeness (QED) is 0.511. The zero-order valence-electron chi connectivity index (χ0n) is 16.8. The lowest BCUT2D eigenvalue weighted by Crippen LogP contribution is -2.18. The molecule has 0 aliphatic rings. The molecule has 10 heteroatoms. The van der Waals surface area contributed by atoms with Gasteiger partial charge in [-0.25, -0.2) is 9.78 Å². The maximum atomic E-state index is 12.7. The Morgan fingerprint density at radius 2 is 1.97 bits per heavy atom. The SMILES string of the molecule is Cc1c(CC(C)C)sc(S(=O)(=O)OC(N)=O)c1-c1ccc(Cn2ccnc2Cl)cc1. The smallest absolute Gasteiger partial charge is 0.334 e. The van der Waals surface area contributed by atoms with Gasteiger partial charge in [-0.15, -0.1) is 11.3 Å². The standard InChI is InChI=1S/C20H22ClN3O4S2/c1-12(2)10-16-13(3)17(18(29-16)30(26,27)28-20(22)25)15-6-4-14(5-7-15)11-24-9-8-23-19(24)21/h4-9,12H,10-11H2,1-3H3,(H2,22,25). The predicted molar refractivity (Wildman–Crippen MR) is 117 cm³/mol. The largest absolute Gasteiger partial charge is 0.420 e. The van der Waals surface area contributed by atoms with Crippen LogP contribution in [0.3, 0.4) is 0 Å². The summed E-state index contributed by atoms with van der Waals surface area (Å²) >= 11 is 7.15. The molecule has 0 aliphatic heterocycles. The maximum Gasteiger partial charge on any atom is 0.420 e. The van der Waals surface area contributed by atoms with Crippen LogP contribution in [0.2, 0.25) is 5.28 Å².